The molecule has 0 radical (unpaired) electrons. The first-order valence-corrected chi connectivity index (χ1v) is 4.18. The number of carbonyl (C=O) groups excluding carboxylic acids is 2. The summed E-state index contributed by atoms with van der Waals surface area (Å²) in [6.45, 7) is 2.39. The van der Waals surface area contributed by atoms with Gasteiger partial charge in [0.1, 0.15) is 12.3 Å². The summed E-state index contributed by atoms with van der Waals surface area (Å²) in [7, 11) is 0. The van der Waals surface area contributed by atoms with Gasteiger partial charge in [-0.3, -0.25) is 9.59 Å². The van der Waals surface area contributed by atoms with Crippen LogP contribution in [0.15, 0.2) is 23.8 Å². The average Bonchev–Trinajstić information content (AvgIpc) is 2.06. The Morgan fingerprint density at radius 1 is 1.64 bits per heavy atom. The Hall–Kier alpha value is -1.45. The van der Waals surface area contributed by atoms with Crippen LogP contribution in [-0.4, -0.2) is 24.0 Å². The molecule has 76 valence electrons. The molecule has 0 saturated heterocycles. The van der Waals surface area contributed by atoms with E-state index < -0.39 is 11.6 Å². The van der Waals surface area contributed by atoms with E-state index in [1.165, 1.54) is 19.9 Å². The van der Waals surface area contributed by atoms with Gasteiger partial charge in [-0.2, -0.15) is 0 Å². The Bertz CT molecular complexity index is 326. The molecule has 0 spiro atoms. The Kier molecular flexibility index (Phi) is 2.84. The van der Waals surface area contributed by atoms with E-state index >= 15 is 0 Å². The molecule has 0 aromatic carbocycles. The molecule has 0 N–H and O–H groups in total. The number of carbonyl (C=O) groups is 2. The number of rotatable bonds is 2. The molecule has 3 nitrogen and oxygen atoms in total. The molecular formula is C10H11FO3. The Morgan fingerprint density at radius 3 is 2.86 bits per heavy atom. The summed E-state index contributed by atoms with van der Waals surface area (Å²) in [5.41, 5.74) is -1.46. The minimum Gasteiger partial charge on any atom is -0.461 e. The maximum Gasteiger partial charge on any atom is 0.302 e. The molecule has 1 aliphatic rings. The zero-order valence-electron chi connectivity index (χ0n) is 8.04. The van der Waals surface area contributed by atoms with Crippen LogP contribution < -0.4 is 0 Å². The highest BCUT2D eigenvalue weighted by atomic mass is 19.1. The predicted octanol–water partition coefficient (Wildman–Crippen LogP) is 1.34. The zero-order valence-corrected chi connectivity index (χ0v) is 8.04. The van der Waals surface area contributed by atoms with Crippen molar-refractivity contribution in [2.75, 3.05) is 6.61 Å². The van der Waals surface area contributed by atoms with E-state index in [-0.39, 0.29) is 18.0 Å². The lowest BCUT2D eigenvalue weighted by atomic mass is 9.96. The Labute approximate surface area is 81.2 Å². The Balaban J connectivity index is 2.71. The number of ether oxygens (including phenoxy) is 1. The third-order valence-electron chi connectivity index (χ3n) is 1.76. The monoisotopic (exact) mass is 198 g/mol. The van der Waals surface area contributed by atoms with Gasteiger partial charge in [-0.15, -0.1) is 0 Å². The van der Waals surface area contributed by atoms with Gasteiger partial charge < -0.3 is 4.74 Å². The summed E-state index contributed by atoms with van der Waals surface area (Å²) >= 11 is 0. The van der Waals surface area contributed by atoms with E-state index in [0.29, 0.717) is 0 Å². The standard InChI is InChI=1S/C10H11FO3/c1-7(12)14-6-8-5-10(2,11)4-3-9(8)13/h3-5H,6H2,1-2H3/t10-/m0/s1. The number of halogens is 1. The fraction of sp³-hybridized carbons (Fsp3) is 0.400. The predicted molar refractivity (Wildman–Crippen MR) is 48.4 cm³/mol. The van der Waals surface area contributed by atoms with Crippen molar-refractivity contribution in [1.29, 1.82) is 0 Å². The van der Waals surface area contributed by atoms with Crippen LogP contribution in [0.2, 0.25) is 0 Å². The van der Waals surface area contributed by atoms with Crippen molar-refractivity contribution in [2.45, 2.75) is 19.5 Å². The average molecular weight is 198 g/mol. The third-order valence-corrected chi connectivity index (χ3v) is 1.76. The van der Waals surface area contributed by atoms with Crippen molar-refractivity contribution >= 4 is 11.8 Å². The van der Waals surface area contributed by atoms with E-state index in [2.05, 4.69) is 4.74 Å². The van der Waals surface area contributed by atoms with Crippen LogP contribution in [0.1, 0.15) is 13.8 Å². The van der Waals surface area contributed by atoms with E-state index in [0.717, 1.165) is 12.2 Å². The normalized spacial score (nSPS) is 25.9. The summed E-state index contributed by atoms with van der Waals surface area (Å²) in [6, 6.07) is 0. The lowest BCUT2D eigenvalue weighted by molar-refractivity contribution is -0.140. The fourth-order valence-corrected chi connectivity index (χ4v) is 1.10. The summed E-state index contributed by atoms with van der Waals surface area (Å²) in [5.74, 6) is -0.810. The van der Waals surface area contributed by atoms with Crippen LogP contribution in [0, 0.1) is 0 Å². The number of hydrogen-bond donors (Lipinski definition) is 0. The van der Waals surface area contributed by atoms with Crippen LogP contribution in [0.25, 0.3) is 0 Å². The molecule has 0 fully saturated rings. The van der Waals surface area contributed by atoms with Crippen LogP contribution in [0.4, 0.5) is 4.39 Å². The lowest BCUT2D eigenvalue weighted by Crippen LogP contribution is -2.21. The molecule has 0 heterocycles. The topological polar surface area (TPSA) is 43.4 Å². The van der Waals surface area contributed by atoms with Gasteiger partial charge in [-0.25, -0.2) is 4.39 Å². The van der Waals surface area contributed by atoms with Crippen molar-refractivity contribution in [3.05, 3.63) is 23.8 Å². The first-order valence-electron chi connectivity index (χ1n) is 4.18. The van der Waals surface area contributed by atoms with Gasteiger partial charge in [-0.1, -0.05) is 0 Å². The molecule has 14 heavy (non-hydrogen) atoms. The second-order valence-corrected chi connectivity index (χ2v) is 3.30. The van der Waals surface area contributed by atoms with Gasteiger partial charge in [0, 0.05) is 12.5 Å². The lowest BCUT2D eigenvalue weighted by Gasteiger charge is -2.17. The first-order chi connectivity index (χ1) is 6.41. The molecule has 1 aliphatic carbocycles. The maximum absolute atomic E-state index is 13.4. The van der Waals surface area contributed by atoms with E-state index in [1.807, 2.05) is 0 Å². The van der Waals surface area contributed by atoms with Crippen LogP contribution in [-0.2, 0) is 14.3 Å². The van der Waals surface area contributed by atoms with Crippen molar-refractivity contribution < 1.29 is 18.7 Å². The molecular weight excluding hydrogens is 187 g/mol. The SMILES string of the molecule is CC(=O)OCC1=C[C@@](C)(F)C=CC1=O. The number of allylic oxidation sites excluding steroid dienone is 3. The van der Waals surface area contributed by atoms with E-state index in [4.69, 9.17) is 0 Å². The second kappa shape index (κ2) is 3.74. The summed E-state index contributed by atoms with van der Waals surface area (Å²) in [5, 5.41) is 0. The number of alkyl halides is 1. The number of hydrogen-bond acceptors (Lipinski definition) is 3. The van der Waals surface area contributed by atoms with Crippen LogP contribution in [0.5, 0.6) is 0 Å². The highest BCUT2D eigenvalue weighted by molar-refractivity contribution is 6.05. The molecule has 0 unspecified atom stereocenters. The summed E-state index contributed by atoms with van der Waals surface area (Å²) in [6.07, 6.45) is 3.49. The second-order valence-electron chi connectivity index (χ2n) is 3.30. The van der Waals surface area contributed by atoms with Gasteiger partial charge in [-0.05, 0) is 25.2 Å². The molecule has 1 rings (SSSR count). The van der Waals surface area contributed by atoms with Crippen LogP contribution >= 0.6 is 0 Å². The largest absolute Gasteiger partial charge is 0.461 e. The quantitative estimate of drug-likeness (QED) is 0.629. The van der Waals surface area contributed by atoms with Gasteiger partial charge in [0.25, 0.3) is 0 Å². The van der Waals surface area contributed by atoms with Gasteiger partial charge >= 0.3 is 5.97 Å². The van der Waals surface area contributed by atoms with Crippen LogP contribution in [0.3, 0.4) is 0 Å². The highest BCUT2D eigenvalue weighted by Crippen LogP contribution is 2.21. The highest BCUT2D eigenvalue weighted by Gasteiger charge is 2.24. The molecule has 0 bridgehead atoms. The van der Waals surface area contributed by atoms with Gasteiger partial charge in [0.15, 0.2) is 5.78 Å². The Morgan fingerprint density at radius 2 is 2.29 bits per heavy atom. The van der Waals surface area contributed by atoms with Crippen molar-refractivity contribution in [3.8, 4) is 0 Å². The molecule has 0 amide bonds. The molecule has 4 heteroatoms. The zero-order chi connectivity index (χ0) is 10.8. The number of esters is 1. The summed E-state index contributed by atoms with van der Waals surface area (Å²) in [4.78, 5) is 21.7. The molecule has 1 atom stereocenters. The van der Waals surface area contributed by atoms with E-state index in [9.17, 15) is 14.0 Å². The van der Waals surface area contributed by atoms with Gasteiger partial charge in [0.2, 0.25) is 0 Å². The van der Waals surface area contributed by atoms with Gasteiger partial charge in [0.05, 0.1) is 0 Å². The number of ketones is 1. The first kappa shape index (κ1) is 10.6. The minimum atomic E-state index is -1.64. The molecule has 0 saturated carbocycles. The molecule has 0 aromatic heterocycles. The minimum absolute atomic E-state index is 0.169. The third kappa shape index (κ3) is 2.80. The maximum atomic E-state index is 13.4. The van der Waals surface area contributed by atoms with Crippen molar-refractivity contribution in [1.82, 2.24) is 0 Å². The van der Waals surface area contributed by atoms with Crippen molar-refractivity contribution in [3.63, 3.8) is 0 Å². The summed E-state index contributed by atoms with van der Waals surface area (Å²) < 4.78 is 18.0. The van der Waals surface area contributed by atoms with E-state index in [1.54, 1.807) is 0 Å². The molecule has 0 aliphatic heterocycles. The molecule has 0 aromatic rings. The van der Waals surface area contributed by atoms with Crippen molar-refractivity contribution in [2.24, 2.45) is 0 Å². The smallest absolute Gasteiger partial charge is 0.302 e. The fourth-order valence-electron chi connectivity index (χ4n) is 1.10.